The van der Waals surface area contributed by atoms with Crippen molar-refractivity contribution in [1.82, 2.24) is 0 Å². The molecular formula is C20H21N3O6S2. The first kappa shape index (κ1) is 22.7. The minimum atomic E-state index is -4.04. The molecule has 0 bridgehead atoms. The highest BCUT2D eigenvalue weighted by atomic mass is 32.2. The molecule has 0 fully saturated rings. The highest BCUT2D eigenvalue weighted by Gasteiger charge is 2.23. The highest BCUT2D eigenvalue weighted by molar-refractivity contribution is 7.89. The molecule has 9 nitrogen and oxygen atoms in total. The molecule has 3 rings (SSSR count). The fourth-order valence-corrected chi connectivity index (χ4v) is 5.14. The second kappa shape index (κ2) is 9.47. The van der Waals surface area contributed by atoms with Crippen molar-refractivity contribution in [2.45, 2.75) is 37.0 Å². The van der Waals surface area contributed by atoms with Gasteiger partial charge in [0.05, 0.1) is 17.6 Å². The predicted octanol–water partition coefficient (Wildman–Crippen LogP) is 2.34. The Morgan fingerprint density at radius 2 is 2.00 bits per heavy atom. The molecule has 0 spiro atoms. The van der Waals surface area contributed by atoms with Gasteiger partial charge >= 0.3 is 5.97 Å². The Labute approximate surface area is 183 Å². The smallest absolute Gasteiger partial charge is 0.342 e. The number of amides is 1. The van der Waals surface area contributed by atoms with Crippen LogP contribution in [0.4, 0.5) is 5.00 Å². The number of benzene rings is 1. The lowest BCUT2D eigenvalue weighted by Gasteiger charge is -2.10. The van der Waals surface area contributed by atoms with Gasteiger partial charge < -0.3 is 14.8 Å². The number of primary sulfonamides is 1. The summed E-state index contributed by atoms with van der Waals surface area (Å²) in [5.74, 6) is -1.48. The number of hydrogen-bond acceptors (Lipinski definition) is 8. The minimum absolute atomic E-state index is 0.0755. The van der Waals surface area contributed by atoms with Crippen LogP contribution in [0, 0.1) is 11.3 Å². The first-order chi connectivity index (χ1) is 14.7. The standard InChI is InChI=1S/C20H21N3O6S2/c1-28-16-8-7-12(31(22,26)27)9-14(16)20(25)29-11-18(24)23-19-15(10-21)13-5-3-2-4-6-17(13)30-19/h7-9H,2-6,11H2,1H3,(H,23,24)(H2,22,26,27). The van der Waals surface area contributed by atoms with Gasteiger partial charge in [0.25, 0.3) is 5.91 Å². The summed E-state index contributed by atoms with van der Waals surface area (Å²) in [6, 6.07) is 5.66. The number of thiophene rings is 1. The predicted molar refractivity (Wildman–Crippen MR) is 114 cm³/mol. The van der Waals surface area contributed by atoms with Crippen molar-refractivity contribution in [1.29, 1.82) is 5.26 Å². The quantitative estimate of drug-likeness (QED) is 0.493. The third-order valence-corrected chi connectivity index (χ3v) is 6.96. The average molecular weight is 464 g/mol. The van der Waals surface area contributed by atoms with Gasteiger partial charge in [0.2, 0.25) is 10.0 Å². The number of anilines is 1. The van der Waals surface area contributed by atoms with Gasteiger partial charge in [0.1, 0.15) is 22.4 Å². The van der Waals surface area contributed by atoms with E-state index in [1.807, 2.05) is 0 Å². The molecule has 0 saturated carbocycles. The number of methoxy groups -OCH3 is 1. The fourth-order valence-electron chi connectivity index (χ4n) is 3.34. The Balaban J connectivity index is 1.71. The van der Waals surface area contributed by atoms with Gasteiger partial charge in [-0.3, -0.25) is 4.79 Å². The van der Waals surface area contributed by atoms with Crippen LogP contribution in [0.15, 0.2) is 23.1 Å². The van der Waals surface area contributed by atoms with Crippen molar-refractivity contribution < 1.29 is 27.5 Å². The van der Waals surface area contributed by atoms with Crippen LogP contribution in [-0.2, 0) is 32.4 Å². The van der Waals surface area contributed by atoms with E-state index in [0.717, 1.165) is 48.6 Å². The highest BCUT2D eigenvalue weighted by Crippen LogP contribution is 2.37. The molecule has 1 aliphatic carbocycles. The summed E-state index contributed by atoms with van der Waals surface area (Å²) in [6.07, 6.45) is 4.84. The minimum Gasteiger partial charge on any atom is -0.496 e. The Bertz CT molecular complexity index is 1160. The monoisotopic (exact) mass is 463 g/mol. The molecule has 0 radical (unpaired) electrons. The molecular weight excluding hydrogens is 442 g/mol. The van der Waals surface area contributed by atoms with E-state index >= 15 is 0 Å². The zero-order valence-corrected chi connectivity index (χ0v) is 18.4. The van der Waals surface area contributed by atoms with Gasteiger partial charge in [-0.2, -0.15) is 5.26 Å². The number of sulfonamides is 1. The van der Waals surface area contributed by atoms with Gasteiger partial charge in [0, 0.05) is 4.88 Å². The molecule has 1 aromatic heterocycles. The van der Waals surface area contributed by atoms with E-state index in [0.29, 0.717) is 10.6 Å². The largest absolute Gasteiger partial charge is 0.496 e. The van der Waals surface area contributed by atoms with Crippen LogP contribution in [-0.4, -0.2) is 34.0 Å². The molecule has 0 atom stereocenters. The van der Waals surface area contributed by atoms with Crippen molar-refractivity contribution in [3.05, 3.63) is 39.8 Å². The molecule has 0 aliphatic heterocycles. The number of aryl methyl sites for hydroxylation is 1. The zero-order valence-electron chi connectivity index (χ0n) is 16.8. The summed E-state index contributed by atoms with van der Waals surface area (Å²) in [5, 5.41) is 17.7. The van der Waals surface area contributed by atoms with Gasteiger partial charge in [0.15, 0.2) is 6.61 Å². The van der Waals surface area contributed by atoms with Crippen LogP contribution in [0.5, 0.6) is 5.75 Å². The summed E-state index contributed by atoms with van der Waals surface area (Å²) in [6.45, 7) is -0.616. The molecule has 2 aromatic rings. The molecule has 1 aromatic carbocycles. The number of nitrogens with zero attached hydrogens (tertiary/aromatic N) is 1. The number of nitrogens with two attached hydrogens (primary N) is 1. The zero-order chi connectivity index (χ0) is 22.6. The number of ether oxygens (including phenoxy) is 2. The van der Waals surface area contributed by atoms with Gasteiger partial charge in [-0.05, 0) is 49.4 Å². The molecule has 0 unspecified atom stereocenters. The van der Waals surface area contributed by atoms with Crippen molar-refractivity contribution in [2.24, 2.45) is 5.14 Å². The SMILES string of the molecule is COc1ccc(S(N)(=O)=O)cc1C(=O)OCC(=O)Nc1sc2c(c1C#N)CCCCC2. The summed E-state index contributed by atoms with van der Waals surface area (Å²) < 4.78 is 33.2. The van der Waals surface area contributed by atoms with Crippen LogP contribution in [0.2, 0.25) is 0 Å². The Kier molecular flexibility index (Phi) is 6.94. The molecule has 0 saturated heterocycles. The Morgan fingerprint density at radius 1 is 1.26 bits per heavy atom. The third-order valence-electron chi connectivity index (χ3n) is 4.84. The van der Waals surface area contributed by atoms with Gasteiger partial charge in [-0.1, -0.05) is 6.42 Å². The van der Waals surface area contributed by atoms with Crippen molar-refractivity contribution in [3.8, 4) is 11.8 Å². The summed E-state index contributed by atoms with van der Waals surface area (Å²) in [5.41, 5.74) is 1.27. The van der Waals surface area contributed by atoms with E-state index in [1.165, 1.54) is 30.6 Å². The van der Waals surface area contributed by atoms with Crippen molar-refractivity contribution in [3.63, 3.8) is 0 Å². The van der Waals surface area contributed by atoms with Crippen LogP contribution < -0.4 is 15.2 Å². The lowest BCUT2D eigenvalue weighted by molar-refractivity contribution is -0.119. The number of rotatable bonds is 6. The molecule has 1 amide bonds. The first-order valence-electron chi connectivity index (χ1n) is 9.47. The third kappa shape index (κ3) is 5.22. The lowest BCUT2D eigenvalue weighted by Crippen LogP contribution is -2.21. The number of carbonyl (C=O) groups is 2. The molecule has 3 N–H and O–H groups in total. The van der Waals surface area contributed by atoms with Crippen LogP contribution >= 0.6 is 11.3 Å². The summed E-state index contributed by atoms with van der Waals surface area (Å²) in [4.78, 5) is 25.6. The number of esters is 1. The molecule has 11 heteroatoms. The van der Waals surface area contributed by atoms with Crippen LogP contribution in [0.25, 0.3) is 0 Å². The molecule has 1 heterocycles. The molecule has 1 aliphatic rings. The van der Waals surface area contributed by atoms with E-state index in [-0.39, 0.29) is 16.2 Å². The van der Waals surface area contributed by atoms with Crippen molar-refractivity contribution in [2.75, 3.05) is 19.0 Å². The lowest BCUT2D eigenvalue weighted by atomic mass is 10.1. The van der Waals surface area contributed by atoms with Gasteiger partial charge in [-0.15, -0.1) is 11.3 Å². The average Bonchev–Trinajstić information content (AvgIpc) is 2.89. The fraction of sp³-hybridized carbons (Fsp3) is 0.350. The van der Waals surface area contributed by atoms with E-state index in [9.17, 15) is 23.3 Å². The normalized spacial score (nSPS) is 13.5. The maximum absolute atomic E-state index is 12.4. The Morgan fingerprint density at radius 3 is 2.68 bits per heavy atom. The summed E-state index contributed by atoms with van der Waals surface area (Å²) in [7, 11) is -2.73. The number of fused-ring (bicyclic) bond motifs is 1. The van der Waals surface area contributed by atoms with Crippen LogP contribution in [0.3, 0.4) is 0 Å². The second-order valence-electron chi connectivity index (χ2n) is 6.91. The molecule has 31 heavy (non-hydrogen) atoms. The number of carbonyl (C=O) groups excluding carboxylic acids is 2. The maximum atomic E-state index is 12.4. The van der Waals surface area contributed by atoms with E-state index in [1.54, 1.807) is 0 Å². The maximum Gasteiger partial charge on any atom is 0.342 e. The molecule has 164 valence electrons. The van der Waals surface area contributed by atoms with E-state index in [4.69, 9.17) is 14.6 Å². The van der Waals surface area contributed by atoms with E-state index in [2.05, 4.69) is 11.4 Å². The topological polar surface area (TPSA) is 149 Å². The van der Waals surface area contributed by atoms with Crippen molar-refractivity contribution >= 4 is 38.2 Å². The number of nitrogens with one attached hydrogen (secondary N) is 1. The van der Waals surface area contributed by atoms with E-state index < -0.39 is 28.5 Å². The first-order valence-corrected chi connectivity index (χ1v) is 11.8. The van der Waals surface area contributed by atoms with Crippen LogP contribution in [0.1, 0.15) is 45.6 Å². The second-order valence-corrected chi connectivity index (χ2v) is 9.58. The number of hydrogen-bond donors (Lipinski definition) is 2. The number of nitriles is 1. The Hall–Kier alpha value is -2.94. The van der Waals surface area contributed by atoms with Gasteiger partial charge in [-0.25, -0.2) is 18.4 Å². The summed E-state index contributed by atoms with van der Waals surface area (Å²) >= 11 is 1.37.